The number of rotatable bonds is 7. The third kappa shape index (κ3) is 6.14. The molecule has 132 valence electrons. The van der Waals surface area contributed by atoms with Crippen LogP contribution < -0.4 is 10.6 Å². The molecule has 0 saturated heterocycles. The van der Waals surface area contributed by atoms with E-state index in [1.165, 1.54) is 5.56 Å². The van der Waals surface area contributed by atoms with Gasteiger partial charge >= 0.3 is 0 Å². The molecule has 1 aromatic carbocycles. The molecule has 0 aliphatic rings. The molecule has 0 saturated carbocycles. The summed E-state index contributed by atoms with van der Waals surface area (Å²) in [7, 11) is 0. The van der Waals surface area contributed by atoms with Gasteiger partial charge in [-0.25, -0.2) is 4.68 Å². The Morgan fingerprint density at radius 1 is 1.12 bits per heavy atom. The van der Waals surface area contributed by atoms with Crippen molar-refractivity contribution in [2.24, 2.45) is 4.99 Å². The Morgan fingerprint density at radius 2 is 1.79 bits per heavy atom. The highest BCUT2D eigenvalue weighted by Gasteiger charge is 2.06. The standard InChI is InChI=1S/C18H27N5.HI/c1-4-19-18(20-5-2)21-13-9-10-16-14-23(22-15(16)3)17-11-7-6-8-12-17;/h6-8,11-12,14H,4-5,9-10,13H2,1-3H3,(H2,19,20,21);1H. The normalized spacial score (nSPS) is 9.96. The number of halogens is 1. The van der Waals surface area contributed by atoms with E-state index in [0.717, 1.165) is 49.8 Å². The minimum atomic E-state index is 0. The Hall–Kier alpha value is -1.57. The molecule has 6 heteroatoms. The van der Waals surface area contributed by atoms with Crippen molar-refractivity contribution in [2.45, 2.75) is 33.6 Å². The zero-order valence-electron chi connectivity index (χ0n) is 14.7. The second kappa shape index (κ2) is 11.1. The molecule has 2 aromatic rings. The fourth-order valence-electron chi connectivity index (χ4n) is 2.42. The molecule has 0 aliphatic heterocycles. The SMILES string of the molecule is CCNC(=NCCCc1cn(-c2ccccc2)nc1C)NCC.I. The number of nitrogens with one attached hydrogen (secondary N) is 2. The van der Waals surface area contributed by atoms with Crippen LogP contribution in [0.3, 0.4) is 0 Å². The van der Waals surface area contributed by atoms with E-state index in [1.54, 1.807) is 0 Å². The number of benzene rings is 1. The summed E-state index contributed by atoms with van der Waals surface area (Å²) in [6.07, 6.45) is 4.14. The van der Waals surface area contributed by atoms with Crippen molar-refractivity contribution in [1.29, 1.82) is 0 Å². The van der Waals surface area contributed by atoms with Crippen LogP contribution in [-0.2, 0) is 6.42 Å². The highest BCUT2D eigenvalue weighted by Crippen LogP contribution is 2.13. The second-order valence-electron chi connectivity index (χ2n) is 5.41. The van der Waals surface area contributed by atoms with E-state index in [-0.39, 0.29) is 24.0 Å². The van der Waals surface area contributed by atoms with E-state index in [9.17, 15) is 0 Å². The molecule has 0 spiro atoms. The summed E-state index contributed by atoms with van der Waals surface area (Å²) in [6.45, 7) is 8.80. The summed E-state index contributed by atoms with van der Waals surface area (Å²) in [5.41, 5.74) is 3.48. The quantitative estimate of drug-likeness (QED) is 0.300. The average Bonchev–Trinajstić information content (AvgIpc) is 2.94. The zero-order chi connectivity index (χ0) is 16.5. The highest BCUT2D eigenvalue weighted by atomic mass is 127. The van der Waals surface area contributed by atoms with Gasteiger partial charge in [0.25, 0.3) is 0 Å². The molecule has 0 radical (unpaired) electrons. The Balaban J connectivity index is 0.00000288. The molecule has 0 bridgehead atoms. The summed E-state index contributed by atoms with van der Waals surface area (Å²) in [5.74, 6) is 0.895. The van der Waals surface area contributed by atoms with Gasteiger partial charge < -0.3 is 10.6 Å². The van der Waals surface area contributed by atoms with E-state index < -0.39 is 0 Å². The van der Waals surface area contributed by atoms with Crippen molar-refractivity contribution in [3.63, 3.8) is 0 Å². The summed E-state index contributed by atoms with van der Waals surface area (Å²) in [4.78, 5) is 4.58. The van der Waals surface area contributed by atoms with E-state index in [2.05, 4.69) is 59.8 Å². The number of aromatic nitrogens is 2. The van der Waals surface area contributed by atoms with E-state index in [4.69, 9.17) is 0 Å². The number of aryl methyl sites for hydroxylation is 2. The van der Waals surface area contributed by atoms with Crippen LogP contribution in [0.2, 0.25) is 0 Å². The van der Waals surface area contributed by atoms with Crippen LogP contribution in [0.4, 0.5) is 0 Å². The lowest BCUT2D eigenvalue weighted by Gasteiger charge is -2.08. The summed E-state index contributed by atoms with van der Waals surface area (Å²) < 4.78 is 1.96. The van der Waals surface area contributed by atoms with Crippen LogP contribution in [0.1, 0.15) is 31.5 Å². The van der Waals surface area contributed by atoms with Crippen molar-refractivity contribution < 1.29 is 0 Å². The van der Waals surface area contributed by atoms with Gasteiger partial charge in [0.1, 0.15) is 0 Å². The number of hydrogen-bond donors (Lipinski definition) is 2. The van der Waals surface area contributed by atoms with Gasteiger partial charge in [0, 0.05) is 25.8 Å². The molecule has 2 N–H and O–H groups in total. The maximum absolute atomic E-state index is 4.61. The van der Waals surface area contributed by atoms with Gasteiger partial charge in [-0.1, -0.05) is 18.2 Å². The van der Waals surface area contributed by atoms with Gasteiger partial charge in [-0.2, -0.15) is 5.10 Å². The van der Waals surface area contributed by atoms with Crippen LogP contribution in [0.5, 0.6) is 0 Å². The van der Waals surface area contributed by atoms with Gasteiger partial charge in [-0.3, -0.25) is 4.99 Å². The number of aliphatic imine (C=N–C) groups is 1. The highest BCUT2D eigenvalue weighted by molar-refractivity contribution is 14.0. The van der Waals surface area contributed by atoms with Gasteiger partial charge in [-0.15, -0.1) is 24.0 Å². The second-order valence-corrected chi connectivity index (χ2v) is 5.41. The molecule has 0 aliphatic carbocycles. The molecule has 24 heavy (non-hydrogen) atoms. The molecule has 1 aromatic heterocycles. The van der Waals surface area contributed by atoms with Gasteiger partial charge in [0.15, 0.2) is 5.96 Å². The lowest BCUT2D eigenvalue weighted by molar-refractivity contribution is 0.793. The number of guanidine groups is 1. The molecule has 5 nitrogen and oxygen atoms in total. The molecule has 0 atom stereocenters. The van der Waals surface area contributed by atoms with Crippen molar-refractivity contribution in [1.82, 2.24) is 20.4 Å². The molecule has 2 rings (SSSR count). The minimum Gasteiger partial charge on any atom is -0.357 e. The third-order valence-electron chi connectivity index (χ3n) is 3.58. The smallest absolute Gasteiger partial charge is 0.191 e. The fourth-order valence-corrected chi connectivity index (χ4v) is 2.42. The first kappa shape index (κ1) is 20.5. The first-order chi connectivity index (χ1) is 11.2. The van der Waals surface area contributed by atoms with Crippen molar-refractivity contribution in [2.75, 3.05) is 19.6 Å². The van der Waals surface area contributed by atoms with Crippen molar-refractivity contribution in [3.05, 3.63) is 47.8 Å². The Bertz CT molecular complexity index is 614. The van der Waals surface area contributed by atoms with Crippen LogP contribution in [0, 0.1) is 6.92 Å². The fraction of sp³-hybridized carbons (Fsp3) is 0.444. The monoisotopic (exact) mass is 441 g/mol. The lowest BCUT2D eigenvalue weighted by atomic mass is 10.1. The van der Waals surface area contributed by atoms with E-state index in [0.29, 0.717) is 0 Å². The van der Waals surface area contributed by atoms with E-state index in [1.807, 2.05) is 22.9 Å². The summed E-state index contributed by atoms with van der Waals surface area (Å²) >= 11 is 0. The Morgan fingerprint density at radius 3 is 2.42 bits per heavy atom. The average molecular weight is 441 g/mol. The third-order valence-corrected chi connectivity index (χ3v) is 3.58. The minimum absolute atomic E-state index is 0. The molecular weight excluding hydrogens is 413 g/mol. The zero-order valence-corrected chi connectivity index (χ0v) is 17.1. The maximum Gasteiger partial charge on any atom is 0.191 e. The van der Waals surface area contributed by atoms with Gasteiger partial charge in [0.2, 0.25) is 0 Å². The molecule has 1 heterocycles. The predicted octanol–water partition coefficient (Wildman–Crippen LogP) is 3.31. The molecule has 0 amide bonds. The van der Waals surface area contributed by atoms with E-state index >= 15 is 0 Å². The predicted molar refractivity (Wildman–Crippen MR) is 112 cm³/mol. The number of para-hydroxylation sites is 1. The van der Waals surface area contributed by atoms with Gasteiger partial charge in [0.05, 0.1) is 11.4 Å². The Labute approximate surface area is 162 Å². The first-order valence-electron chi connectivity index (χ1n) is 8.37. The maximum atomic E-state index is 4.61. The van der Waals surface area contributed by atoms with Gasteiger partial charge in [-0.05, 0) is 51.3 Å². The first-order valence-corrected chi connectivity index (χ1v) is 8.37. The van der Waals surface area contributed by atoms with Crippen LogP contribution in [0.15, 0.2) is 41.5 Å². The summed E-state index contributed by atoms with van der Waals surface area (Å²) in [5, 5.41) is 11.1. The molecule has 0 unspecified atom stereocenters. The van der Waals surface area contributed by atoms with Crippen LogP contribution in [-0.4, -0.2) is 35.4 Å². The molecule has 0 fully saturated rings. The van der Waals surface area contributed by atoms with Crippen LogP contribution in [0.25, 0.3) is 5.69 Å². The summed E-state index contributed by atoms with van der Waals surface area (Å²) in [6, 6.07) is 10.2. The van der Waals surface area contributed by atoms with Crippen LogP contribution >= 0.6 is 24.0 Å². The largest absolute Gasteiger partial charge is 0.357 e. The lowest BCUT2D eigenvalue weighted by Crippen LogP contribution is -2.37. The molecular formula is C18H28IN5. The van der Waals surface area contributed by atoms with Crippen molar-refractivity contribution >= 4 is 29.9 Å². The number of hydrogen-bond acceptors (Lipinski definition) is 2. The Kier molecular flexibility index (Phi) is 9.44. The topological polar surface area (TPSA) is 54.2 Å². The van der Waals surface area contributed by atoms with Crippen molar-refractivity contribution in [3.8, 4) is 5.69 Å². The number of nitrogens with zero attached hydrogens (tertiary/aromatic N) is 3.